The third kappa shape index (κ3) is 4.72. The molecule has 3 rings (SSSR count). The molecule has 0 fully saturated rings. The molecule has 0 unspecified atom stereocenters. The minimum Gasteiger partial charge on any atom is -0.497 e. The van der Waals surface area contributed by atoms with E-state index in [2.05, 4.69) is 10.3 Å². The van der Waals surface area contributed by atoms with Gasteiger partial charge in [-0.25, -0.2) is 8.42 Å². The molecule has 0 bridgehead atoms. The number of nitrogens with zero attached hydrogens (tertiary/aromatic N) is 2. The van der Waals surface area contributed by atoms with Crippen LogP contribution in [0.3, 0.4) is 0 Å². The van der Waals surface area contributed by atoms with E-state index in [0.29, 0.717) is 18.0 Å². The van der Waals surface area contributed by atoms with E-state index in [1.807, 2.05) is 6.07 Å². The van der Waals surface area contributed by atoms with Crippen LogP contribution in [0.2, 0.25) is 5.02 Å². The Labute approximate surface area is 180 Å². The summed E-state index contributed by atoms with van der Waals surface area (Å²) in [5, 5.41) is 2.91. The molecule has 0 spiro atoms. The molecule has 0 aliphatic rings. The highest BCUT2D eigenvalue weighted by atomic mass is 35.5. The van der Waals surface area contributed by atoms with Crippen LogP contribution >= 0.6 is 11.6 Å². The van der Waals surface area contributed by atoms with Gasteiger partial charge in [-0.1, -0.05) is 17.7 Å². The van der Waals surface area contributed by atoms with E-state index in [9.17, 15) is 13.2 Å². The van der Waals surface area contributed by atoms with Gasteiger partial charge in [0.25, 0.3) is 15.9 Å². The molecule has 0 aliphatic carbocycles. The maximum absolute atomic E-state index is 12.9. The van der Waals surface area contributed by atoms with Crippen LogP contribution in [0.4, 0.5) is 5.69 Å². The maximum atomic E-state index is 12.9. The van der Waals surface area contributed by atoms with Crippen molar-refractivity contribution in [2.24, 2.45) is 0 Å². The molecule has 1 aromatic heterocycles. The molecule has 0 atom stereocenters. The third-order valence-electron chi connectivity index (χ3n) is 4.45. The number of methoxy groups -OCH3 is 1. The number of halogens is 1. The molecule has 30 heavy (non-hydrogen) atoms. The van der Waals surface area contributed by atoms with Gasteiger partial charge < -0.3 is 10.1 Å². The van der Waals surface area contributed by atoms with Gasteiger partial charge in [-0.3, -0.25) is 14.1 Å². The SMILES string of the molecule is COc1ccc(S(=O)(=O)N(C)c2ccc(C(=O)NCc3cccnc3)c(Cl)c2)cc1. The quantitative estimate of drug-likeness (QED) is 0.601. The standard InChI is InChI=1S/C21H20ClN3O4S/c1-25(30(27,28)18-8-6-17(29-2)7-9-18)16-5-10-19(20(22)12-16)21(26)24-14-15-4-3-11-23-13-15/h3-13H,14H2,1-2H3,(H,24,26). The number of ether oxygens (including phenoxy) is 1. The number of nitrogens with one attached hydrogen (secondary N) is 1. The Kier molecular flexibility index (Phi) is 6.59. The van der Waals surface area contributed by atoms with Gasteiger partial charge in [0.05, 0.1) is 28.3 Å². The number of anilines is 1. The fraction of sp³-hybridized carbons (Fsp3) is 0.143. The maximum Gasteiger partial charge on any atom is 0.264 e. The van der Waals surface area contributed by atoms with Crippen LogP contribution in [0.25, 0.3) is 0 Å². The largest absolute Gasteiger partial charge is 0.497 e. The van der Waals surface area contributed by atoms with Crippen molar-refractivity contribution < 1.29 is 17.9 Å². The molecule has 2 aromatic carbocycles. The molecule has 0 saturated carbocycles. The summed E-state index contributed by atoms with van der Waals surface area (Å²) in [4.78, 5) is 16.5. The van der Waals surface area contributed by atoms with Crippen molar-refractivity contribution in [3.05, 3.63) is 83.1 Å². The van der Waals surface area contributed by atoms with Crippen molar-refractivity contribution in [2.75, 3.05) is 18.5 Å². The van der Waals surface area contributed by atoms with Gasteiger partial charge in [0.15, 0.2) is 0 Å². The van der Waals surface area contributed by atoms with Crippen molar-refractivity contribution in [1.29, 1.82) is 0 Å². The minimum atomic E-state index is -3.80. The Bertz CT molecular complexity index is 1140. The average molecular weight is 446 g/mol. The molecular weight excluding hydrogens is 426 g/mol. The fourth-order valence-electron chi connectivity index (χ4n) is 2.71. The normalized spacial score (nSPS) is 11.0. The van der Waals surface area contributed by atoms with Gasteiger partial charge in [-0.15, -0.1) is 0 Å². The lowest BCUT2D eigenvalue weighted by atomic mass is 10.2. The fourth-order valence-corrected chi connectivity index (χ4v) is 4.16. The lowest BCUT2D eigenvalue weighted by Crippen LogP contribution is -2.27. The van der Waals surface area contributed by atoms with E-state index >= 15 is 0 Å². The van der Waals surface area contributed by atoms with E-state index in [-0.39, 0.29) is 21.4 Å². The predicted octanol–water partition coefficient (Wildman–Crippen LogP) is 3.50. The van der Waals surface area contributed by atoms with Crippen LogP contribution < -0.4 is 14.4 Å². The van der Waals surface area contributed by atoms with Gasteiger partial charge in [0.1, 0.15) is 5.75 Å². The molecule has 1 amide bonds. The number of carbonyl (C=O) groups is 1. The van der Waals surface area contributed by atoms with Crippen molar-refractivity contribution in [2.45, 2.75) is 11.4 Å². The van der Waals surface area contributed by atoms with Gasteiger partial charge >= 0.3 is 0 Å². The van der Waals surface area contributed by atoms with E-state index < -0.39 is 10.0 Å². The van der Waals surface area contributed by atoms with Crippen molar-refractivity contribution >= 4 is 33.2 Å². The molecule has 0 saturated heterocycles. The zero-order valence-electron chi connectivity index (χ0n) is 16.4. The lowest BCUT2D eigenvalue weighted by Gasteiger charge is -2.20. The summed E-state index contributed by atoms with van der Waals surface area (Å²) >= 11 is 6.27. The van der Waals surface area contributed by atoms with Crippen molar-refractivity contribution in [1.82, 2.24) is 10.3 Å². The lowest BCUT2D eigenvalue weighted by molar-refractivity contribution is 0.0951. The van der Waals surface area contributed by atoms with Crippen LogP contribution in [-0.2, 0) is 16.6 Å². The highest BCUT2D eigenvalue weighted by Gasteiger charge is 2.22. The van der Waals surface area contributed by atoms with Gasteiger partial charge in [0.2, 0.25) is 0 Å². The topological polar surface area (TPSA) is 88.6 Å². The second-order valence-electron chi connectivity index (χ2n) is 6.36. The monoisotopic (exact) mass is 445 g/mol. The summed E-state index contributed by atoms with van der Waals surface area (Å²) in [6.07, 6.45) is 3.31. The Morgan fingerprint density at radius 3 is 2.50 bits per heavy atom. The number of aromatic nitrogens is 1. The van der Waals surface area contributed by atoms with Gasteiger partial charge in [-0.05, 0) is 54.1 Å². The van der Waals surface area contributed by atoms with Crippen molar-refractivity contribution in [3.63, 3.8) is 0 Å². The highest BCUT2D eigenvalue weighted by Crippen LogP contribution is 2.28. The average Bonchev–Trinajstić information content (AvgIpc) is 2.77. The Hall–Kier alpha value is -3.10. The summed E-state index contributed by atoms with van der Waals surface area (Å²) in [6, 6.07) is 14.2. The molecule has 3 aromatic rings. The zero-order chi connectivity index (χ0) is 21.7. The van der Waals surface area contributed by atoms with Crippen molar-refractivity contribution in [3.8, 4) is 5.75 Å². The molecule has 156 valence electrons. The van der Waals surface area contributed by atoms with Crippen LogP contribution in [0.15, 0.2) is 71.9 Å². The molecule has 1 N–H and O–H groups in total. The molecule has 1 heterocycles. The van der Waals surface area contributed by atoms with Crippen LogP contribution in [-0.4, -0.2) is 33.5 Å². The number of hydrogen-bond acceptors (Lipinski definition) is 5. The van der Waals surface area contributed by atoms with Gasteiger partial charge in [-0.2, -0.15) is 0 Å². The minimum absolute atomic E-state index is 0.111. The first-order chi connectivity index (χ1) is 14.3. The first kappa shape index (κ1) is 21.6. The molecule has 0 aliphatic heterocycles. The summed E-state index contributed by atoms with van der Waals surface area (Å²) < 4.78 is 31.9. The number of carbonyl (C=O) groups excluding carboxylic acids is 1. The Morgan fingerprint density at radius 2 is 1.90 bits per heavy atom. The second kappa shape index (κ2) is 9.15. The molecule has 0 radical (unpaired) electrons. The zero-order valence-corrected chi connectivity index (χ0v) is 17.9. The van der Waals surface area contributed by atoms with Crippen LogP contribution in [0.1, 0.15) is 15.9 Å². The van der Waals surface area contributed by atoms with E-state index in [1.165, 1.54) is 44.5 Å². The molecular formula is C21H20ClN3O4S. The number of sulfonamides is 1. The number of rotatable bonds is 7. The number of benzene rings is 2. The third-order valence-corrected chi connectivity index (χ3v) is 6.57. The summed E-state index contributed by atoms with van der Waals surface area (Å²) in [5.41, 5.74) is 1.43. The number of pyridine rings is 1. The summed E-state index contributed by atoms with van der Waals surface area (Å²) in [5.74, 6) is 0.192. The van der Waals surface area contributed by atoms with E-state index in [0.717, 1.165) is 9.87 Å². The first-order valence-electron chi connectivity index (χ1n) is 8.92. The second-order valence-corrected chi connectivity index (χ2v) is 8.73. The molecule has 9 heteroatoms. The summed E-state index contributed by atoms with van der Waals surface area (Å²) in [6.45, 7) is 0.302. The smallest absolute Gasteiger partial charge is 0.264 e. The van der Waals surface area contributed by atoms with E-state index in [4.69, 9.17) is 16.3 Å². The van der Waals surface area contributed by atoms with E-state index in [1.54, 1.807) is 30.6 Å². The highest BCUT2D eigenvalue weighted by molar-refractivity contribution is 7.92. The van der Waals surface area contributed by atoms with Gasteiger partial charge in [0, 0.05) is 26.0 Å². The molecule has 7 nitrogen and oxygen atoms in total. The Balaban J connectivity index is 1.77. The van der Waals surface area contributed by atoms with Crippen LogP contribution in [0, 0.1) is 0 Å². The van der Waals surface area contributed by atoms with Crippen LogP contribution in [0.5, 0.6) is 5.75 Å². The first-order valence-corrected chi connectivity index (χ1v) is 10.7. The number of hydrogen-bond donors (Lipinski definition) is 1. The Morgan fingerprint density at radius 1 is 1.17 bits per heavy atom. The number of amides is 1. The summed E-state index contributed by atoms with van der Waals surface area (Å²) in [7, 11) is -0.871. The predicted molar refractivity (Wildman–Crippen MR) is 115 cm³/mol.